The Morgan fingerprint density at radius 2 is 1.00 bits per heavy atom. The molecule has 0 aromatic rings. The Labute approximate surface area is 60.2 Å². The van der Waals surface area contributed by atoms with Gasteiger partial charge in [0.05, 0.1) is 0 Å². The van der Waals surface area contributed by atoms with Crippen molar-refractivity contribution in [2.24, 2.45) is 0 Å². The van der Waals surface area contributed by atoms with Gasteiger partial charge in [0.15, 0.2) is 0 Å². The Hall–Kier alpha value is 0.580. The summed E-state index contributed by atoms with van der Waals surface area (Å²) in [4.78, 5) is 0. The summed E-state index contributed by atoms with van der Waals surface area (Å²) in [5.74, 6) is 0. The first-order valence-electron chi connectivity index (χ1n) is 3.07. The lowest BCUT2D eigenvalue weighted by Crippen LogP contribution is -2.13. The molecular formula is C6H10Cl2. The van der Waals surface area contributed by atoms with Gasteiger partial charge < -0.3 is 0 Å². The summed E-state index contributed by atoms with van der Waals surface area (Å²) in [7, 11) is 0. The van der Waals surface area contributed by atoms with Crippen molar-refractivity contribution < 1.29 is 0 Å². The quantitative estimate of drug-likeness (QED) is 0.469. The van der Waals surface area contributed by atoms with Crippen LogP contribution in [-0.4, -0.2) is 10.8 Å². The molecule has 0 atom stereocenters. The van der Waals surface area contributed by atoms with Crippen LogP contribution in [0.1, 0.15) is 25.7 Å². The zero-order valence-electron chi connectivity index (χ0n) is 4.74. The number of hydrogen-bond acceptors (Lipinski definition) is 0. The van der Waals surface area contributed by atoms with E-state index in [0.29, 0.717) is 10.8 Å². The number of alkyl halides is 2. The third-order valence-corrected chi connectivity index (χ3v) is 2.46. The van der Waals surface area contributed by atoms with Crippen LogP contribution in [0.25, 0.3) is 0 Å². The molecule has 0 aromatic heterocycles. The van der Waals surface area contributed by atoms with Gasteiger partial charge in [0.1, 0.15) is 0 Å². The molecule has 0 spiro atoms. The van der Waals surface area contributed by atoms with Gasteiger partial charge in [0.2, 0.25) is 0 Å². The molecular weight excluding hydrogens is 143 g/mol. The highest BCUT2D eigenvalue weighted by molar-refractivity contribution is 6.22. The lowest BCUT2D eigenvalue weighted by atomic mass is 10.00. The smallest absolute Gasteiger partial charge is 0.0337 e. The van der Waals surface area contributed by atoms with Gasteiger partial charge in [-0.1, -0.05) is 0 Å². The molecule has 48 valence electrons. The first-order chi connectivity index (χ1) is 3.79. The second-order valence-corrected chi connectivity index (χ2v) is 3.58. The second kappa shape index (κ2) is 2.93. The van der Waals surface area contributed by atoms with E-state index in [1.165, 1.54) is 0 Å². The normalized spacial score (nSPS) is 39.8. The molecule has 0 aliphatic heterocycles. The largest absolute Gasteiger partial charge is 0.123 e. The van der Waals surface area contributed by atoms with Crippen LogP contribution in [0.2, 0.25) is 0 Å². The molecule has 0 N–H and O–H groups in total. The van der Waals surface area contributed by atoms with Gasteiger partial charge in [-0.3, -0.25) is 0 Å². The summed E-state index contributed by atoms with van der Waals surface area (Å²) in [5, 5.41) is 0.815. The van der Waals surface area contributed by atoms with E-state index in [9.17, 15) is 0 Å². The molecule has 0 heterocycles. The van der Waals surface area contributed by atoms with E-state index in [4.69, 9.17) is 23.2 Å². The van der Waals surface area contributed by atoms with Crippen molar-refractivity contribution in [3.05, 3.63) is 0 Å². The Bertz CT molecular complexity index is 54.9. The predicted octanol–water partition coefficient (Wildman–Crippen LogP) is 2.78. The molecule has 1 rings (SSSR count). The molecule has 1 fully saturated rings. The minimum atomic E-state index is 0.407. The zero-order chi connectivity index (χ0) is 5.98. The first kappa shape index (κ1) is 6.70. The van der Waals surface area contributed by atoms with Crippen molar-refractivity contribution in [3.63, 3.8) is 0 Å². The van der Waals surface area contributed by atoms with E-state index in [2.05, 4.69) is 0 Å². The van der Waals surface area contributed by atoms with Crippen LogP contribution in [0.3, 0.4) is 0 Å². The van der Waals surface area contributed by atoms with E-state index >= 15 is 0 Å². The van der Waals surface area contributed by atoms with Gasteiger partial charge in [-0.2, -0.15) is 0 Å². The SMILES string of the molecule is Cl[C@H]1CC[C@@H](Cl)CC1. The van der Waals surface area contributed by atoms with Crippen molar-refractivity contribution >= 4 is 23.2 Å². The van der Waals surface area contributed by atoms with Crippen LogP contribution in [-0.2, 0) is 0 Å². The molecule has 2 heteroatoms. The maximum atomic E-state index is 5.82. The van der Waals surface area contributed by atoms with Crippen LogP contribution in [0, 0.1) is 0 Å². The van der Waals surface area contributed by atoms with Crippen LogP contribution in [0.4, 0.5) is 0 Å². The fourth-order valence-corrected chi connectivity index (χ4v) is 1.52. The average Bonchev–Trinajstić information content (AvgIpc) is 1.77. The van der Waals surface area contributed by atoms with Crippen molar-refractivity contribution in [3.8, 4) is 0 Å². The van der Waals surface area contributed by atoms with Gasteiger partial charge in [0, 0.05) is 10.8 Å². The Morgan fingerprint density at radius 3 is 1.25 bits per heavy atom. The summed E-state index contributed by atoms with van der Waals surface area (Å²) >= 11 is 11.6. The topological polar surface area (TPSA) is 0 Å². The molecule has 0 saturated heterocycles. The van der Waals surface area contributed by atoms with Crippen molar-refractivity contribution in [2.45, 2.75) is 36.4 Å². The molecule has 0 radical (unpaired) electrons. The number of halogens is 2. The summed E-state index contributed by atoms with van der Waals surface area (Å²) in [5.41, 5.74) is 0. The molecule has 0 aromatic carbocycles. The highest BCUT2D eigenvalue weighted by Gasteiger charge is 2.16. The molecule has 0 bridgehead atoms. The summed E-state index contributed by atoms with van der Waals surface area (Å²) < 4.78 is 0. The van der Waals surface area contributed by atoms with Crippen LogP contribution in [0.5, 0.6) is 0 Å². The first-order valence-corrected chi connectivity index (χ1v) is 3.94. The van der Waals surface area contributed by atoms with Gasteiger partial charge in [-0.25, -0.2) is 0 Å². The number of hydrogen-bond donors (Lipinski definition) is 0. The third kappa shape index (κ3) is 1.83. The molecule has 1 aliphatic carbocycles. The van der Waals surface area contributed by atoms with E-state index in [-0.39, 0.29) is 0 Å². The fourth-order valence-electron chi connectivity index (χ4n) is 1.01. The highest BCUT2D eigenvalue weighted by Crippen LogP contribution is 2.25. The van der Waals surface area contributed by atoms with Gasteiger partial charge in [-0.05, 0) is 25.7 Å². The van der Waals surface area contributed by atoms with Gasteiger partial charge in [-0.15, -0.1) is 23.2 Å². The fraction of sp³-hybridized carbons (Fsp3) is 1.00. The summed E-state index contributed by atoms with van der Waals surface area (Å²) in [6.45, 7) is 0. The standard InChI is InChI=1S/C6H10Cl2/c7-5-1-2-6(8)4-3-5/h5-6H,1-4H2/t5-,6+. The average molecular weight is 153 g/mol. The molecule has 1 aliphatic rings. The van der Waals surface area contributed by atoms with E-state index in [0.717, 1.165) is 25.7 Å². The highest BCUT2D eigenvalue weighted by atomic mass is 35.5. The van der Waals surface area contributed by atoms with Crippen molar-refractivity contribution in [2.75, 3.05) is 0 Å². The maximum Gasteiger partial charge on any atom is 0.0337 e. The maximum absolute atomic E-state index is 5.82. The minimum Gasteiger partial charge on any atom is -0.123 e. The summed E-state index contributed by atoms with van der Waals surface area (Å²) in [6, 6.07) is 0. The molecule has 1 saturated carbocycles. The Kier molecular flexibility index (Phi) is 2.45. The van der Waals surface area contributed by atoms with E-state index in [1.807, 2.05) is 0 Å². The minimum absolute atomic E-state index is 0.407. The molecule has 8 heavy (non-hydrogen) atoms. The Morgan fingerprint density at radius 1 is 0.750 bits per heavy atom. The number of rotatable bonds is 0. The monoisotopic (exact) mass is 152 g/mol. The lowest BCUT2D eigenvalue weighted by molar-refractivity contribution is 0.518. The molecule has 0 unspecified atom stereocenters. The van der Waals surface area contributed by atoms with Crippen molar-refractivity contribution in [1.29, 1.82) is 0 Å². The molecule has 0 nitrogen and oxygen atoms in total. The Balaban J connectivity index is 2.19. The lowest BCUT2D eigenvalue weighted by Gasteiger charge is -2.19. The predicted molar refractivity (Wildman–Crippen MR) is 37.8 cm³/mol. The van der Waals surface area contributed by atoms with Crippen LogP contribution in [0.15, 0.2) is 0 Å². The summed E-state index contributed by atoms with van der Waals surface area (Å²) in [6.07, 6.45) is 4.43. The van der Waals surface area contributed by atoms with Crippen molar-refractivity contribution in [1.82, 2.24) is 0 Å². The van der Waals surface area contributed by atoms with Crippen LogP contribution < -0.4 is 0 Å². The van der Waals surface area contributed by atoms with Gasteiger partial charge >= 0.3 is 0 Å². The van der Waals surface area contributed by atoms with E-state index in [1.54, 1.807) is 0 Å². The zero-order valence-corrected chi connectivity index (χ0v) is 6.25. The van der Waals surface area contributed by atoms with E-state index < -0.39 is 0 Å². The third-order valence-electron chi connectivity index (χ3n) is 1.59. The van der Waals surface area contributed by atoms with Gasteiger partial charge in [0.25, 0.3) is 0 Å². The van der Waals surface area contributed by atoms with Crippen LogP contribution >= 0.6 is 23.2 Å². The molecule has 0 amide bonds. The second-order valence-electron chi connectivity index (χ2n) is 2.35.